The lowest BCUT2D eigenvalue weighted by Gasteiger charge is -2.03. The van der Waals surface area contributed by atoms with Crippen molar-refractivity contribution in [2.24, 2.45) is 0 Å². The van der Waals surface area contributed by atoms with Crippen molar-refractivity contribution in [3.63, 3.8) is 0 Å². The minimum Gasteiger partial charge on any atom is -0.349 e. The predicted octanol–water partition coefficient (Wildman–Crippen LogP) is -1.53. The molecule has 0 aliphatic carbocycles. The zero-order valence-corrected chi connectivity index (χ0v) is 9.54. The van der Waals surface area contributed by atoms with Crippen molar-refractivity contribution in [2.75, 3.05) is 19.3 Å². The maximum Gasteiger partial charge on any atom is 0.288 e. The number of H-pyrrole nitrogens is 1. The number of aromatic amines is 1. The molecule has 1 rings (SSSR count). The molecule has 1 aromatic rings. The third-order valence-corrected chi connectivity index (χ3v) is 2.36. The Kier molecular flexibility index (Phi) is 4.38. The van der Waals surface area contributed by atoms with E-state index in [1.807, 2.05) is 0 Å². The van der Waals surface area contributed by atoms with E-state index in [2.05, 4.69) is 25.2 Å². The minimum atomic E-state index is -3.16. The Hall–Kier alpha value is -1.48. The van der Waals surface area contributed by atoms with Crippen LogP contribution in [0.15, 0.2) is 6.33 Å². The quantitative estimate of drug-likeness (QED) is 0.527. The van der Waals surface area contributed by atoms with Crippen LogP contribution in [0.1, 0.15) is 17.0 Å². The molecule has 16 heavy (non-hydrogen) atoms. The number of nitrogens with zero attached hydrogens (tertiary/aromatic N) is 2. The summed E-state index contributed by atoms with van der Waals surface area (Å²) in [5.41, 5.74) is 0. The summed E-state index contributed by atoms with van der Waals surface area (Å²) in [6, 6.07) is 0. The topological polar surface area (TPSA) is 117 Å². The predicted molar refractivity (Wildman–Crippen MR) is 56.2 cm³/mol. The normalized spacial score (nSPS) is 11.3. The molecule has 0 spiro atoms. The summed E-state index contributed by atoms with van der Waals surface area (Å²) in [6.45, 7) is 0.650. The van der Waals surface area contributed by atoms with Crippen LogP contribution in [0.5, 0.6) is 0 Å². The largest absolute Gasteiger partial charge is 0.349 e. The summed E-state index contributed by atoms with van der Waals surface area (Å²) in [5.74, 6) is -0.229. The number of rotatable bonds is 6. The highest BCUT2D eigenvalue weighted by molar-refractivity contribution is 7.88. The molecular formula is C7H13N5O3S. The summed E-state index contributed by atoms with van der Waals surface area (Å²) in [5, 5.41) is 8.51. The van der Waals surface area contributed by atoms with Gasteiger partial charge in [0.25, 0.3) is 5.91 Å². The van der Waals surface area contributed by atoms with Crippen LogP contribution in [0.25, 0.3) is 0 Å². The number of hydrogen-bond donors (Lipinski definition) is 3. The molecule has 0 aromatic carbocycles. The summed E-state index contributed by atoms with van der Waals surface area (Å²) in [6.07, 6.45) is 2.83. The van der Waals surface area contributed by atoms with Crippen LogP contribution in [0.4, 0.5) is 0 Å². The van der Waals surface area contributed by atoms with Gasteiger partial charge in [-0.15, -0.1) is 0 Å². The fourth-order valence-electron chi connectivity index (χ4n) is 0.946. The maximum absolute atomic E-state index is 11.3. The Labute approximate surface area is 92.9 Å². The van der Waals surface area contributed by atoms with E-state index in [0.29, 0.717) is 13.0 Å². The molecule has 0 fully saturated rings. The summed E-state index contributed by atoms with van der Waals surface area (Å²) < 4.78 is 23.7. The van der Waals surface area contributed by atoms with E-state index in [4.69, 9.17) is 0 Å². The van der Waals surface area contributed by atoms with Gasteiger partial charge in [-0.3, -0.25) is 9.89 Å². The number of amides is 1. The van der Waals surface area contributed by atoms with Gasteiger partial charge in [-0.1, -0.05) is 0 Å². The van der Waals surface area contributed by atoms with E-state index < -0.39 is 10.0 Å². The molecule has 0 radical (unpaired) electrons. The highest BCUT2D eigenvalue weighted by atomic mass is 32.2. The van der Waals surface area contributed by atoms with Crippen molar-refractivity contribution in [1.29, 1.82) is 0 Å². The van der Waals surface area contributed by atoms with Crippen LogP contribution in [-0.4, -0.2) is 48.9 Å². The Morgan fingerprint density at radius 1 is 1.50 bits per heavy atom. The second kappa shape index (κ2) is 5.56. The number of carbonyl (C=O) groups is 1. The van der Waals surface area contributed by atoms with Crippen molar-refractivity contribution in [3.05, 3.63) is 12.2 Å². The smallest absolute Gasteiger partial charge is 0.288 e. The molecule has 9 heteroatoms. The standard InChI is InChI=1S/C7H13N5O3S/c1-16(14,15)11-4-2-3-8-7(13)6-9-5-10-12-6/h5,11H,2-4H2,1H3,(H,8,13)(H,9,10,12). The number of nitrogens with one attached hydrogen (secondary N) is 3. The first kappa shape index (κ1) is 12.6. The minimum absolute atomic E-state index is 0.135. The molecule has 1 aromatic heterocycles. The lowest BCUT2D eigenvalue weighted by molar-refractivity contribution is 0.0943. The van der Waals surface area contributed by atoms with Crippen LogP contribution in [0.3, 0.4) is 0 Å². The van der Waals surface area contributed by atoms with Gasteiger partial charge in [-0.25, -0.2) is 18.1 Å². The highest BCUT2D eigenvalue weighted by Crippen LogP contribution is 1.85. The number of hydrogen-bond acceptors (Lipinski definition) is 5. The average molecular weight is 247 g/mol. The lowest BCUT2D eigenvalue weighted by atomic mass is 10.4. The first-order valence-electron chi connectivity index (χ1n) is 4.57. The van der Waals surface area contributed by atoms with Gasteiger partial charge in [0.2, 0.25) is 15.8 Å². The van der Waals surface area contributed by atoms with Crippen molar-refractivity contribution in [3.8, 4) is 0 Å². The van der Waals surface area contributed by atoms with E-state index in [1.165, 1.54) is 6.33 Å². The first-order valence-corrected chi connectivity index (χ1v) is 6.46. The van der Waals surface area contributed by atoms with Crippen LogP contribution in [0, 0.1) is 0 Å². The summed E-state index contributed by atoms with van der Waals surface area (Å²) in [4.78, 5) is 14.9. The molecule has 0 saturated carbocycles. The van der Waals surface area contributed by atoms with Crippen molar-refractivity contribution < 1.29 is 13.2 Å². The third kappa shape index (κ3) is 4.84. The second-order valence-corrected chi connectivity index (χ2v) is 4.94. The molecule has 1 heterocycles. The van der Waals surface area contributed by atoms with Crippen LogP contribution < -0.4 is 10.0 Å². The Morgan fingerprint density at radius 3 is 2.81 bits per heavy atom. The molecule has 8 nitrogen and oxygen atoms in total. The van der Waals surface area contributed by atoms with E-state index in [1.54, 1.807) is 0 Å². The van der Waals surface area contributed by atoms with E-state index in [-0.39, 0.29) is 18.3 Å². The number of sulfonamides is 1. The number of carbonyl (C=O) groups excluding carboxylic acids is 1. The van der Waals surface area contributed by atoms with E-state index in [0.717, 1.165) is 6.26 Å². The van der Waals surface area contributed by atoms with Gasteiger partial charge in [0.1, 0.15) is 6.33 Å². The molecule has 0 aliphatic rings. The molecule has 1 amide bonds. The zero-order valence-electron chi connectivity index (χ0n) is 8.73. The van der Waals surface area contributed by atoms with E-state index >= 15 is 0 Å². The Bertz CT molecular complexity index is 427. The maximum atomic E-state index is 11.3. The van der Waals surface area contributed by atoms with Gasteiger partial charge in [0, 0.05) is 13.1 Å². The summed E-state index contributed by atoms with van der Waals surface area (Å²) in [7, 11) is -3.16. The van der Waals surface area contributed by atoms with Crippen LogP contribution in [-0.2, 0) is 10.0 Å². The lowest BCUT2D eigenvalue weighted by Crippen LogP contribution is -2.29. The van der Waals surface area contributed by atoms with Crippen LogP contribution >= 0.6 is 0 Å². The van der Waals surface area contributed by atoms with Gasteiger partial charge in [0.15, 0.2) is 0 Å². The van der Waals surface area contributed by atoms with Gasteiger partial charge < -0.3 is 5.32 Å². The van der Waals surface area contributed by atoms with E-state index in [9.17, 15) is 13.2 Å². The third-order valence-electron chi connectivity index (χ3n) is 1.63. The average Bonchev–Trinajstić information content (AvgIpc) is 2.67. The van der Waals surface area contributed by atoms with Crippen LogP contribution in [0.2, 0.25) is 0 Å². The highest BCUT2D eigenvalue weighted by Gasteiger charge is 2.06. The van der Waals surface area contributed by atoms with Crippen molar-refractivity contribution in [1.82, 2.24) is 25.2 Å². The molecular weight excluding hydrogens is 234 g/mol. The second-order valence-electron chi connectivity index (χ2n) is 3.11. The first-order chi connectivity index (χ1) is 7.49. The van der Waals surface area contributed by atoms with Gasteiger partial charge in [-0.2, -0.15) is 5.10 Å². The van der Waals surface area contributed by atoms with Gasteiger partial charge >= 0.3 is 0 Å². The van der Waals surface area contributed by atoms with Crippen molar-refractivity contribution in [2.45, 2.75) is 6.42 Å². The summed E-state index contributed by atoms with van der Waals surface area (Å²) >= 11 is 0. The Morgan fingerprint density at radius 2 is 2.25 bits per heavy atom. The Balaban J connectivity index is 2.15. The fourth-order valence-corrected chi connectivity index (χ4v) is 1.46. The molecule has 0 saturated heterocycles. The SMILES string of the molecule is CS(=O)(=O)NCCCNC(=O)c1ncn[nH]1. The molecule has 0 bridgehead atoms. The van der Waals surface area contributed by atoms with Gasteiger partial charge in [0.05, 0.1) is 6.26 Å². The fraction of sp³-hybridized carbons (Fsp3) is 0.571. The molecule has 3 N–H and O–H groups in total. The van der Waals surface area contributed by atoms with Gasteiger partial charge in [-0.05, 0) is 6.42 Å². The zero-order chi connectivity index (χ0) is 12.0. The number of aromatic nitrogens is 3. The molecule has 0 aliphatic heterocycles. The molecule has 0 unspecified atom stereocenters. The molecule has 0 atom stereocenters. The van der Waals surface area contributed by atoms with Crippen molar-refractivity contribution >= 4 is 15.9 Å². The monoisotopic (exact) mass is 247 g/mol. The molecule has 90 valence electrons.